The Kier molecular flexibility index (Phi) is 3.34. The van der Waals surface area contributed by atoms with Crippen LogP contribution < -0.4 is 0 Å². The zero-order valence-electron chi connectivity index (χ0n) is 7.42. The number of aliphatic hydroxyl groups excluding tert-OH is 1. The maximum atomic E-state index is 9.31. The van der Waals surface area contributed by atoms with Crippen LogP contribution in [0.4, 0.5) is 0 Å². The van der Waals surface area contributed by atoms with Crippen molar-refractivity contribution in [1.29, 1.82) is 0 Å². The average molecular weight is 158 g/mol. The molecular weight excluding hydrogens is 140 g/mol. The minimum Gasteiger partial charge on any atom is -0.393 e. The van der Waals surface area contributed by atoms with Gasteiger partial charge in [-0.05, 0) is 25.2 Å². The first-order valence-electron chi connectivity index (χ1n) is 4.48. The van der Waals surface area contributed by atoms with Crippen molar-refractivity contribution < 1.29 is 9.84 Å². The third-order valence-corrected chi connectivity index (χ3v) is 2.07. The predicted octanol–water partition coefficient (Wildman–Crippen LogP) is 1.57. The van der Waals surface area contributed by atoms with Crippen LogP contribution in [0, 0.1) is 5.92 Å². The molecule has 2 unspecified atom stereocenters. The summed E-state index contributed by atoms with van der Waals surface area (Å²) >= 11 is 0. The number of ether oxygens (including phenoxy) is 1. The van der Waals surface area contributed by atoms with E-state index in [1.807, 2.05) is 0 Å². The van der Waals surface area contributed by atoms with Gasteiger partial charge in [-0.1, -0.05) is 13.8 Å². The second-order valence-corrected chi connectivity index (χ2v) is 3.80. The van der Waals surface area contributed by atoms with Crippen molar-refractivity contribution in [2.24, 2.45) is 5.92 Å². The molecule has 0 spiro atoms. The molecule has 0 aromatic rings. The third-order valence-electron chi connectivity index (χ3n) is 2.07. The van der Waals surface area contributed by atoms with E-state index in [0.29, 0.717) is 12.0 Å². The summed E-state index contributed by atoms with van der Waals surface area (Å²) in [5, 5.41) is 9.31. The van der Waals surface area contributed by atoms with E-state index in [0.717, 1.165) is 25.9 Å². The van der Waals surface area contributed by atoms with Gasteiger partial charge in [-0.3, -0.25) is 0 Å². The van der Waals surface area contributed by atoms with E-state index in [4.69, 9.17) is 4.74 Å². The fourth-order valence-corrected chi connectivity index (χ4v) is 1.55. The summed E-state index contributed by atoms with van der Waals surface area (Å²) in [6.07, 6.45) is 2.91. The molecule has 1 aliphatic heterocycles. The Bertz CT molecular complexity index is 110. The predicted molar refractivity (Wildman–Crippen MR) is 44.4 cm³/mol. The molecule has 1 aliphatic rings. The minimum absolute atomic E-state index is 0.118. The normalized spacial score (nSPS) is 32.7. The molecule has 2 nitrogen and oxygen atoms in total. The summed E-state index contributed by atoms with van der Waals surface area (Å²) in [4.78, 5) is 0. The van der Waals surface area contributed by atoms with E-state index in [2.05, 4.69) is 13.8 Å². The SMILES string of the molecule is CC(C)CC1CC(O)CCO1. The zero-order valence-corrected chi connectivity index (χ0v) is 7.42. The van der Waals surface area contributed by atoms with Crippen LogP contribution in [0.5, 0.6) is 0 Å². The minimum atomic E-state index is -0.118. The van der Waals surface area contributed by atoms with Gasteiger partial charge >= 0.3 is 0 Å². The molecule has 11 heavy (non-hydrogen) atoms. The molecule has 66 valence electrons. The highest BCUT2D eigenvalue weighted by atomic mass is 16.5. The van der Waals surface area contributed by atoms with Crippen molar-refractivity contribution in [1.82, 2.24) is 0 Å². The molecule has 1 rings (SSSR count). The molecular formula is C9H18O2. The fraction of sp³-hybridized carbons (Fsp3) is 1.00. The summed E-state index contributed by atoms with van der Waals surface area (Å²) in [7, 11) is 0. The Labute approximate surface area is 68.6 Å². The van der Waals surface area contributed by atoms with Gasteiger partial charge in [0.25, 0.3) is 0 Å². The van der Waals surface area contributed by atoms with Crippen LogP contribution >= 0.6 is 0 Å². The first-order valence-corrected chi connectivity index (χ1v) is 4.48. The summed E-state index contributed by atoms with van der Waals surface area (Å²) < 4.78 is 5.50. The first-order chi connectivity index (χ1) is 5.18. The summed E-state index contributed by atoms with van der Waals surface area (Å²) in [6, 6.07) is 0. The summed E-state index contributed by atoms with van der Waals surface area (Å²) in [6.45, 7) is 5.10. The van der Waals surface area contributed by atoms with Crippen LogP contribution in [0.3, 0.4) is 0 Å². The van der Waals surface area contributed by atoms with E-state index in [-0.39, 0.29) is 6.10 Å². The van der Waals surface area contributed by atoms with Crippen LogP contribution in [0.15, 0.2) is 0 Å². The quantitative estimate of drug-likeness (QED) is 0.661. The topological polar surface area (TPSA) is 29.5 Å². The van der Waals surface area contributed by atoms with Crippen molar-refractivity contribution in [3.8, 4) is 0 Å². The Balaban J connectivity index is 2.23. The molecule has 2 atom stereocenters. The molecule has 2 heteroatoms. The number of hydrogen-bond donors (Lipinski definition) is 1. The first kappa shape index (κ1) is 9.01. The van der Waals surface area contributed by atoms with Crippen molar-refractivity contribution in [3.05, 3.63) is 0 Å². The van der Waals surface area contributed by atoms with Crippen molar-refractivity contribution >= 4 is 0 Å². The van der Waals surface area contributed by atoms with Gasteiger partial charge < -0.3 is 9.84 Å². The van der Waals surface area contributed by atoms with E-state index in [9.17, 15) is 5.11 Å². The molecule has 0 amide bonds. The van der Waals surface area contributed by atoms with Gasteiger partial charge in [0.15, 0.2) is 0 Å². The van der Waals surface area contributed by atoms with E-state index >= 15 is 0 Å². The second-order valence-electron chi connectivity index (χ2n) is 3.80. The molecule has 0 aromatic carbocycles. The second kappa shape index (κ2) is 4.07. The maximum absolute atomic E-state index is 9.31. The lowest BCUT2D eigenvalue weighted by Crippen LogP contribution is -2.29. The summed E-state index contributed by atoms with van der Waals surface area (Å²) in [5.41, 5.74) is 0. The maximum Gasteiger partial charge on any atom is 0.0602 e. The van der Waals surface area contributed by atoms with Crippen LogP contribution in [0.25, 0.3) is 0 Å². The Morgan fingerprint density at radius 3 is 2.82 bits per heavy atom. The monoisotopic (exact) mass is 158 g/mol. The number of hydrogen-bond acceptors (Lipinski definition) is 2. The Morgan fingerprint density at radius 2 is 2.27 bits per heavy atom. The van der Waals surface area contributed by atoms with E-state index < -0.39 is 0 Å². The molecule has 1 N–H and O–H groups in total. The van der Waals surface area contributed by atoms with Crippen molar-refractivity contribution in [3.63, 3.8) is 0 Å². The molecule has 0 aromatic heterocycles. The lowest BCUT2D eigenvalue weighted by molar-refractivity contribution is -0.0507. The van der Waals surface area contributed by atoms with E-state index in [1.165, 1.54) is 0 Å². The van der Waals surface area contributed by atoms with Crippen LogP contribution in [-0.2, 0) is 4.74 Å². The van der Waals surface area contributed by atoms with Crippen LogP contribution in [0.1, 0.15) is 33.1 Å². The van der Waals surface area contributed by atoms with Gasteiger partial charge in [-0.15, -0.1) is 0 Å². The van der Waals surface area contributed by atoms with Crippen LogP contribution in [-0.4, -0.2) is 23.9 Å². The highest BCUT2D eigenvalue weighted by molar-refractivity contribution is 4.71. The van der Waals surface area contributed by atoms with Gasteiger partial charge in [-0.2, -0.15) is 0 Å². The molecule has 0 bridgehead atoms. The molecule has 0 radical (unpaired) electrons. The number of aliphatic hydroxyl groups is 1. The number of rotatable bonds is 2. The van der Waals surface area contributed by atoms with Gasteiger partial charge in [0.2, 0.25) is 0 Å². The fourth-order valence-electron chi connectivity index (χ4n) is 1.55. The molecule has 0 aliphatic carbocycles. The van der Waals surface area contributed by atoms with Gasteiger partial charge in [-0.25, -0.2) is 0 Å². The smallest absolute Gasteiger partial charge is 0.0602 e. The highest BCUT2D eigenvalue weighted by Gasteiger charge is 2.20. The zero-order chi connectivity index (χ0) is 8.27. The Hall–Kier alpha value is -0.0800. The highest BCUT2D eigenvalue weighted by Crippen LogP contribution is 2.19. The van der Waals surface area contributed by atoms with Gasteiger partial charge in [0.1, 0.15) is 0 Å². The summed E-state index contributed by atoms with van der Waals surface area (Å²) in [5.74, 6) is 0.672. The van der Waals surface area contributed by atoms with E-state index in [1.54, 1.807) is 0 Å². The van der Waals surface area contributed by atoms with Gasteiger partial charge in [0.05, 0.1) is 12.2 Å². The lowest BCUT2D eigenvalue weighted by atomic mass is 9.98. The molecule has 1 heterocycles. The third kappa shape index (κ3) is 3.21. The van der Waals surface area contributed by atoms with Crippen molar-refractivity contribution in [2.75, 3.05) is 6.61 Å². The molecule has 1 fully saturated rings. The molecule has 1 saturated heterocycles. The molecule has 0 saturated carbocycles. The lowest BCUT2D eigenvalue weighted by Gasteiger charge is -2.27. The average Bonchev–Trinajstić information content (AvgIpc) is 1.85. The Morgan fingerprint density at radius 1 is 1.55 bits per heavy atom. The largest absolute Gasteiger partial charge is 0.393 e. The van der Waals surface area contributed by atoms with Crippen molar-refractivity contribution in [2.45, 2.75) is 45.3 Å². The van der Waals surface area contributed by atoms with Crippen LogP contribution in [0.2, 0.25) is 0 Å². The van der Waals surface area contributed by atoms with Gasteiger partial charge in [0, 0.05) is 6.61 Å². The standard InChI is InChI=1S/C9H18O2/c1-7(2)5-9-6-8(10)3-4-11-9/h7-10H,3-6H2,1-2H3.